The Morgan fingerprint density at radius 3 is 2.87 bits per heavy atom. The molecule has 3 heterocycles. The summed E-state index contributed by atoms with van der Waals surface area (Å²) < 4.78 is 6.03. The van der Waals surface area contributed by atoms with Gasteiger partial charge in [-0.1, -0.05) is 37.5 Å². The Kier molecular flexibility index (Phi) is 5.81. The van der Waals surface area contributed by atoms with Crippen LogP contribution in [0.15, 0.2) is 40.9 Å². The van der Waals surface area contributed by atoms with Crippen molar-refractivity contribution >= 4 is 16.9 Å². The van der Waals surface area contributed by atoms with Gasteiger partial charge in [0.25, 0.3) is 5.91 Å². The number of fused-ring (bicyclic) bond motifs is 1. The van der Waals surface area contributed by atoms with Gasteiger partial charge in [-0.3, -0.25) is 14.8 Å². The summed E-state index contributed by atoms with van der Waals surface area (Å²) in [4.78, 5) is 17.7. The third-order valence-electron chi connectivity index (χ3n) is 7.11. The van der Waals surface area contributed by atoms with Crippen LogP contribution in [-0.4, -0.2) is 52.1 Å². The number of carbonyl (C=O) groups is 1. The number of nitrogens with one attached hydrogen (secondary N) is 1. The van der Waals surface area contributed by atoms with Crippen LogP contribution in [-0.2, 0) is 6.54 Å². The minimum absolute atomic E-state index is 0.116. The summed E-state index contributed by atoms with van der Waals surface area (Å²) >= 11 is 0. The van der Waals surface area contributed by atoms with Crippen LogP contribution in [0.4, 0.5) is 0 Å². The van der Waals surface area contributed by atoms with Gasteiger partial charge in [0.05, 0.1) is 24.0 Å². The lowest BCUT2D eigenvalue weighted by atomic mass is 9.91. The molecule has 1 saturated carbocycles. The number of para-hydroxylation sites is 1. The number of aromatic amines is 1. The summed E-state index contributed by atoms with van der Waals surface area (Å²) in [6.07, 6.45) is 9.88. The van der Waals surface area contributed by atoms with Gasteiger partial charge in [-0.2, -0.15) is 5.10 Å². The van der Waals surface area contributed by atoms with Crippen LogP contribution in [0.3, 0.4) is 0 Å². The van der Waals surface area contributed by atoms with Gasteiger partial charge in [0.1, 0.15) is 11.3 Å². The predicted molar refractivity (Wildman–Crippen MR) is 121 cm³/mol. The van der Waals surface area contributed by atoms with E-state index in [1.54, 1.807) is 6.20 Å². The van der Waals surface area contributed by atoms with E-state index in [1.807, 2.05) is 30.1 Å². The molecular weight excluding hydrogens is 388 g/mol. The van der Waals surface area contributed by atoms with Gasteiger partial charge in [-0.15, -0.1) is 0 Å². The minimum Gasteiger partial charge on any atom is -0.460 e. The van der Waals surface area contributed by atoms with Crippen LogP contribution in [0.2, 0.25) is 0 Å². The normalized spacial score (nSPS) is 20.9. The van der Waals surface area contributed by atoms with Crippen molar-refractivity contribution in [2.24, 2.45) is 0 Å². The molecule has 0 spiro atoms. The summed E-state index contributed by atoms with van der Waals surface area (Å²) in [6.45, 7) is 2.75. The van der Waals surface area contributed by atoms with Gasteiger partial charge in [0.15, 0.2) is 0 Å². The van der Waals surface area contributed by atoms with Gasteiger partial charge < -0.3 is 9.32 Å². The van der Waals surface area contributed by atoms with Crippen LogP contribution in [0, 0.1) is 0 Å². The molecule has 1 aromatic carbocycles. The van der Waals surface area contributed by atoms with E-state index in [-0.39, 0.29) is 5.91 Å². The van der Waals surface area contributed by atoms with Crippen molar-refractivity contribution in [2.45, 2.75) is 63.5 Å². The standard InChI is InChI=1S/C25H32N4O2/c1-28(20-10-3-2-4-11-20)25(30)22-15-26-27-24(22)19-9-7-13-29(16-19)17-21-14-18-8-5-6-12-23(18)31-21/h5-6,8,12,14-15,19-20H,2-4,7,9-11,13,16-17H2,1H3,(H,26,27)/t19-/m1/s1. The van der Waals surface area contributed by atoms with Crippen LogP contribution < -0.4 is 0 Å². The molecule has 6 heteroatoms. The first-order chi connectivity index (χ1) is 15.2. The van der Waals surface area contributed by atoms with E-state index in [2.05, 4.69) is 27.2 Å². The first-order valence-corrected chi connectivity index (χ1v) is 11.7. The second-order valence-electron chi connectivity index (χ2n) is 9.23. The first kappa shape index (κ1) is 20.3. The Balaban J connectivity index is 1.28. The number of hydrogen-bond acceptors (Lipinski definition) is 4. The summed E-state index contributed by atoms with van der Waals surface area (Å²) in [7, 11) is 1.96. The first-order valence-electron chi connectivity index (χ1n) is 11.7. The highest BCUT2D eigenvalue weighted by atomic mass is 16.3. The largest absolute Gasteiger partial charge is 0.460 e. The molecule has 1 aliphatic heterocycles. The van der Waals surface area contributed by atoms with Gasteiger partial charge in [0, 0.05) is 30.9 Å². The van der Waals surface area contributed by atoms with Gasteiger partial charge in [0.2, 0.25) is 0 Å². The molecule has 1 saturated heterocycles. The van der Waals surface area contributed by atoms with Gasteiger partial charge in [-0.25, -0.2) is 0 Å². The third-order valence-corrected chi connectivity index (χ3v) is 7.11. The van der Waals surface area contributed by atoms with Crippen LogP contribution in [0.1, 0.15) is 72.7 Å². The number of aromatic nitrogens is 2. The highest BCUT2D eigenvalue weighted by Gasteiger charge is 2.30. The molecule has 164 valence electrons. The molecule has 1 amide bonds. The maximum absolute atomic E-state index is 13.3. The minimum atomic E-state index is 0.116. The van der Waals surface area contributed by atoms with E-state index >= 15 is 0 Å². The average Bonchev–Trinajstić information content (AvgIpc) is 3.45. The van der Waals surface area contributed by atoms with Crippen molar-refractivity contribution in [1.29, 1.82) is 0 Å². The van der Waals surface area contributed by atoms with Crippen molar-refractivity contribution in [2.75, 3.05) is 20.1 Å². The molecule has 2 aliphatic rings. The Morgan fingerprint density at radius 2 is 2.03 bits per heavy atom. The lowest BCUT2D eigenvalue weighted by Crippen LogP contribution is -2.39. The Bertz CT molecular complexity index is 1000. The second-order valence-corrected chi connectivity index (χ2v) is 9.23. The predicted octanol–water partition coefficient (Wildman–Crippen LogP) is 4.94. The fourth-order valence-electron chi connectivity index (χ4n) is 5.37. The van der Waals surface area contributed by atoms with Crippen molar-refractivity contribution in [3.63, 3.8) is 0 Å². The molecule has 0 unspecified atom stereocenters. The Morgan fingerprint density at radius 1 is 1.19 bits per heavy atom. The van der Waals surface area contributed by atoms with Crippen LogP contribution in [0.5, 0.6) is 0 Å². The molecule has 1 aliphatic carbocycles. The maximum Gasteiger partial charge on any atom is 0.257 e. The number of furan rings is 1. The molecule has 3 aromatic rings. The summed E-state index contributed by atoms with van der Waals surface area (Å²) in [5.41, 5.74) is 2.70. The Labute approximate surface area is 183 Å². The Hall–Kier alpha value is -2.60. The van der Waals surface area contributed by atoms with Crippen LogP contribution >= 0.6 is 0 Å². The summed E-state index contributed by atoms with van der Waals surface area (Å²) in [5, 5.41) is 8.60. The zero-order valence-electron chi connectivity index (χ0n) is 18.3. The SMILES string of the molecule is CN(C(=O)c1cn[nH]c1[C@@H]1CCCN(Cc2cc3ccccc3o2)C1)C1CCCCC1. The molecular formula is C25H32N4O2. The second kappa shape index (κ2) is 8.87. The van der Waals surface area contributed by atoms with Crippen molar-refractivity contribution in [3.05, 3.63) is 53.5 Å². The number of hydrogen-bond donors (Lipinski definition) is 1. The number of H-pyrrole nitrogens is 1. The number of rotatable bonds is 5. The van der Waals surface area contributed by atoms with E-state index in [4.69, 9.17) is 4.42 Å². The van der Waals surface area contributed by atoms with Crippen LogP contribution in [0.25, 0.3) is 11.0 Å². The number of amides is 1. The fraction of sp³-hybridized carbons (Fsp3) is 0.520. The van der Waals surface area contributed by atoms with E-state index < -0.39 is 0 Å². The highest BCUT2D eigenvalue weighted by molar-refractivity contribution is 5.95. The molecule has 31 heavy (non-hydrogen) atoms. The van der Waals surface area contributed by atoms with Crippen molar-refractivity contribution in [3.8, 4) is 0 Å². The molecule has 1 N–H and O–H groups in total. The maximum atomic E-state index is 13.3. The molecule has 0 bridgehead atoms. The van der Waals surface area contributed by atoms with Gasteiger partial charge in [-0.05, 0) is 44.4 Å². The average molecular weight is 421 g/mol. The van der Waals surface area contributed by atoms with Gasteiger partial charge >= 0.3 is 0 Å². The number of nitrogens with zero attached hydrogens (tertiary/aromatic N) is 3. The molecule has 2 fully saturated rings. The molecule has 6 nitrogen and oxygen atoms in total. The quantitative estimate of drug-likeness (QED) is 0.635. The lowest BCUT2D eigenvalue weighted by Gasteiger charge is -2.33. The molecule has 5 rings (SSSR count). The number of carbonyl (C=O) groups excluding carboxylic acids is 1. The topological polar surface area (TPSA) is 65.4 Å². The summed E-state index contributed by atoms with van der Waals surface area (Å²) in [5.74, 6) is 1.41. The number of likely N-dealkylation sites (tertiary alicyclic amines) is 1. The molecule has 2 aromatic heterocycles. The van der Waals surface area contributed by atoms with E-state index in [0.29, 0.717) is 12.0 Å². The van der Waals surface area contributed by atoms with Crippen molar-refractivity contribution in [1.82, 2.24) is 20.0 Å². The molecule has 0 radical (unpaired) electrons. The number of piperidine rings is 1. The lowest BCUT2D eigenvalue weighted by molar-refractivity contribution is 0.0693. The zero-order chi connectivity index (χ0) is 21.2. The molecule has 1 atom stereocenters. The van der Waals surface area contributed by atoms with Crippen molar-refractivity contribution < 1.29 is 9.21 Å². The fourth-order valence-corrected chi connectivity index (χ4v) is 5.37. The third kappa shape index (κ3) is 4.26. The number of benzene rings is 1. The summed E-state index contributed by atoms with van der Waals surface area (Å²) in [6, 6.07) is 10.7. The monoisotopic (exact) mass is 420 g/mol. The van der Waals surface area contributed by atoms with E-state index in [9.17, 15) is 4.79 Å². The zero-order valence-corrected chi connectivity index (χ0v) is 18.3. The van der Waals surface area contributed by atoms with E-state index in [1.165, 1.54) is 19.3 Å². The van der Waals surface area contributed by atoms with E-state index in [0.717, 1.165) is 73.3 Å². The highest BCUT2D eigenvalue weighted by Crippen LogP contribution is 2.31. The smallest absolute Gasteiger partial charge is 0.257 e.